The number of piperidine rings is 1. The van der Waals surface area contributed by atoms with Gasteiger partial charge in [-0.3, -0.25) is 4.79 Å². The fraction of sp³-hybridized carbons (Fsp3) is 0.381. The van der Waals surface area contributed by atoms with Gasteiger partial charge in [0.1, 0.15) is 17.5 Å². The van der Waals surface area contributed by atoms with Crippen molar-refractivity contribution in [2.24, 2.45) is 7.05 Å². The van der Waals surface area contributed by atoms with E-state index in [1.807, 2.05) is 29.5 Å². The number of amides is 1. The maximum atomic E-state index is 13.1. The number of carbonyl (C=O) groups is 1. The van der Waals surface area contributed by atoms with E-state index in [9.17, 15) is 14.3 Å². The molecule has 7 nitrogen and oxygen atoms in total. The number of β-amino-alcohol motifs (C(OH)–C–C–N with tert-alkyl or cyclic N) is 1. The first kappa shape index (κ1) is 19.3. The summed E-state index contributed by atoms with van der Waals surface area (Å²) >= 11 is 0. The number of pyridine rings is 1. The first-order valence-corrected chi connectivity index (χ1v) is 9.65. The predicted octanol–water partition coefficient (Wildman–Crippen LogP) is 2.18. The minimum Gasteiger partial charge on any atom is -0.386 e. The summed E-state index contributed by atoms with van der Waals surface area (Å²) in [5.74, 6) is 0.851. The number of benzene rings is 1. The number of anilines is 1. The maximum Gasteiger partial charge on any atom is 0.251 e. The first-order valence-electron chi connectivity index (χ1n) is 9.65. The van der Waals surface area contributed by atoms with E-state index in [0.717, 1.165) is 29.8 Å². The van der Waals surface area contributed by atoms with E-state index in [1.54, 1.807) is 18.2 Å². The molecule has 29 heavy (non-hydrogen) atoms. The number of nitrogens with zero attached hydrogens (tertiary/aromatic N) is 4. The van der Waals surface area contributed by atoms with Gasteiger partial charge in [-0.2, -0.15) is 0 Å². The monoisotopic (exact) mass is 397 g/mol. The van der Waals surface area contributed by atoms with Gasteiger partial charge in [-0.1, -0.05) is 0 Å². The Hall–Kier alpha value is -3.00. The Balaban J connectivity index is 1.43. The third kappa shape index (κ3) is 3.93. The van der Waals surface area contributed by atoms with E-state index >= 15 is 0 Å². The summed E-state index contributed by atoms with van der Waals surface area (Å²) in [7, 11) is 1.94. The Morgan fingerprint density at radius 1 is 1.34 bits per heavy atom. The maximum absolute atomic E-state index is 13.1. The van der Waals surface area contributed by atoms with Crippen LogP contribution in [-0.4, -0.2) is 50.8 Å². The molecule has 3 heterocycles. The highest BCUT2D eigenvalue weighted by Crippen LogP contribution is 2.25. The molecule has 2 aromatic heterocycles. The Labute approximate surface area is 168 Å². The van der Waals surface area contributed by atoms with Crippen LogP contribution in [0.1, 0.15) is 29.0 Å². The number of imidazole rings is 1. The van der Waals surface area contributed by atoms with Crippen molar-refractivity contribution in [3.8, 4) is 0 Å². The number of aliphatic hydroxyl groups is 1. The average molecular weight is 397 g/mol. The number of carbonyl (C=O) groups excluding carboxylic acids is 1. The zero-order valence-electron chi connectivity index (χ0n) is 16.5. The topological polar surface area (TPSA) is 83.3 Å². The molecule has 152 valence electrons. The molecule has 1 unspecified atom stereocenters. The zero-order valence-corrected chi connectivity index (χ0v) is 16.5. The molecule has 1 aliphatic rings. The van der Waals surface area contributed by atoms with Crippen LogP contribution in [0.25, 0.3) is 11.0 Å². The molecule has 0 spiro atoms. The summed E-state index contributed by atoms with van der Waals surface area (Å²) in [6.45, 7) is 3.10. The van der Waals surface area contributed by atoms with Crippen LogP contribution in [0.15, 0.2) is 36.5 Å². The van der Waals surface area contributed by atoms with E-state index in [1.165, 1.54) is 12.3 Å². The van der Waals surface area contributed by atoms with Crippen LogP contribution >= 0.6 is 0 Å². The van der Waals surface area contributed by atoms with Crippen molar-refractivity contribution in [2.45, 2.75) is 25.4 Å². The quantitative estimate of drug-likeness (QED) is 0.705. The Bertz CT molecular complexity index is 1050. The second kappa shape index (κ2) is 7.44. The third-order valence-corrected chi connectivity index (χ3v) is 5.54. The van der Waals surface area contributed by atoms with Crippen LogP contribution < -0.4 is 10.2 Å². The summed E-state index contributed by atoms with van der Waals surface area (Å²) in [6, 6.07) is 8.36. The van der Waals surface area contributed by atoms with Crippen molar-refractivity contribution in [3.63, 3.8) is 0 Å². The number of halogens is 1. The van der Waals surface area contributed by atoms with Crippen LogP contribution in [0.5, 0.6) is 0 Å². The van der Waals surface area contributed by atoms with Crippen LogP contribution in [0.4, 0.5) is 10.2 Å². The number of hydrogen-bond acceptors (Lipinski definition) is 5. The molecule has 0 aliphatic carbocycles. The highest BCUT2D eigenvalue weighted by atomic mass is 19.1. The summed E-state index contributed by atoms with van der Waals surface area (Å²) in [6.07, 6.45) is 2.49. The fourth-order valence-electron chi connectivity index (χ4n) is 3.82. The van der Waals surface area contributed by atoms with Gasteiger partial charge in [0.15, 0.2) is 0 Å². The predicted molar refractivity (Wildman–Crippen MR) is 108 cm³/mol. The van der Waals surface area contributed by atoms with E-state index in [2.05, 4.69) is 15.3 Å². The standard InChI is InChI=1S/C21H24FN5O2/c1-14-25-17-10-15(4-6-18(17)26(14)2)20(28)24-12-21(29)8-3-9-27(13-21)19-7-5-16(22)11-23-19/h4-7,10-11,29H,3,8-9,12-13H2,1-2H3,(H,24,28). The van der Waals surface area contributed by atoms with Gasteiger partial charge in [0.05, 0.1) is 22.8 Å². The van der Waals surface area contributed by atoms with Crippen molar-refractivity contribution < 1.29 is 14.3 Å². The number of hydrogen-bond donors (Lipinski definition) is 2. The minimum absolute atomic E-state index is 0.128. The summed E-state index contributed by atoms with van der Waals surface area (Å²) < 4.78 is 15.1. The van der Waals surface area contributed by atoms with Gasteiger partial charge in [0.25, 0.3) is 5.91 Å². The van der Waals surface area contributed by atoms with Crippen molar-refractivity contribution in [2.75, 3.05) is 24.5 Å². The van der Waals surface area contributed by atoms with Gasteiger partial charge >= 0.3 is 0 Å². The fourth-order valence-corrected chi connectivity index (χ4v) is 3.82. The molecule has 1 atom stereocenters. The molecule has 8 heteroatoms. The number of fused-ring (bicyclic) bond motifs is 1. The molecule has 1 saturated heterocycles. The van der Waals surface area contributed by atoms with Crippen LogP contribution in [0.3, 0.4) is 0 Å². The van der Waals surface area contributed by atoms with Gasteiger partial charge in [-0.05, 0) is 50.1 Å². The lowest BCUT2D eigenvalue weighted by molar-refractivity contribution is 0.0254. The first-order chi connectivity index (χ1) is 13.8. The minimum atomic E-state index is -1.07. The Morgan fingerprint density at radius 3 is 2.93 bits per heavy atom. The summed E-state index contributed by atoms with van der Waals surface area (Å²) in [5.41, 5.74) is 1.16. The molecule has 0 saturated carbocycles. The number of aromatic nitrogens is 3. The van der Waals surface area contributed by atoms with Crippen molar-refractivity contribution >= 4 is 22.8 Å². The highest BCUT2D eigenvalue weighted by Gasteiger charge is 2.34. The largest absolute Gasteiger partial charge is 0.386 e. The number of rotatable bonds is 4. The van der Waals surface area contributed by atoms with E-state index in [-0.39, 0.29) is 12.5 Å². The molecule has 1 amide bonds. The Morgan fingerprint density at radius 2 is 2.17 bits per heavy atom. The molecule has 1 aromatic carbocycles. The molecule has 3 aromatic rings. The van der Waals surface area contributed by atoms with Crippen LogP contribution in [0, 0.1) is 12.7 Å². The average Bonchev–Trinajstić information content (AvgIpc) is 3.00. The summed E-state index contributed by atoms with van der Waals surface area (Å²) in [4.78, 5) is 23.1. The molecular formula is C21H24FN5O2. The lowest BCUT2D eigenvalue weighted by atomic mass is 9.92. The van der Waals surface area contributed by atoms with E-state index < -0.39 is 11.4 Å². The van der Waals surface area contributed by atoms with Gasteiger partial charge in [-0.15, -0.1) is 0 Å². The molecule has 4 rings (SSSR count). The third-order valence-electron chi connectivity index (χ3n) is 5.54. The number of nitrogens with one attached hydrogen (secondary N) is 1. The SMILES string of the molecule is Cc1nc2cc(C(=O)NCC3(O)CCCN(c4ccc(F)cn4)C3)ccc2n1C. The smallest absolute Gasteiger partial charge is 0.251 e. The van der Waals surface area contributed by atoms with E-state index in [0.29, 0.717) is 24.3 Å². The lowest BCUT2D eigenvalue weighted by Crippen LogP contribution is -2.54. The normalized spacial score (nSPS) is 19.5. The highest BCUT2D eigenvalue weighted by molar-refractivity contribution is 5.97. The van der Waals surface area contributed by atoms with Gasteiger partial charge in [0.2, 0.25) is 0 Å². The lowest BCUT2D eigenvalue weighted by Gasteiger charge is -2.39. The van der Waals surface area contributed by atoms with Gasteiger partial charge in [-0.25, -0.2) is 14.4 Å². The zero-order chi connectivity index (χ0) is 20.6. The second-order valence-corrected chi connectivity index (χ2v) is 7.69. The molecule has 1 fully saturated rings. The van der Waals surface area contributed by atoms with Crippen LogP contribution in [0.2, 0.25) is 0 Å². The van der Waals surface area contributed by atoms with Crippen molar-refractivity contribution in [1.82, 2.24) is 19.9 Å². The van der Waals surface area contributed by atoms with Crippen LogP contribution in [-0.2, 0) is 7.05 Å². The molecule has 0 bridgehead atoms. The number of aryl methyl sites for hydroxylation is 2. The molecule has 0 radical (unpaired) electrons. The van der Waals surface area contributed by atoms with E-state index in [4.69, 9.17) is 0 Å². The van der Waals surface area contributed by atoms with Crippen molar-refractivity contribution in [1.29, 1.82) is 0 Å². The molecular weight excluding hydrogens is 373 g/mol. The van der Waals surface area contributed by atoms with Gasteiger partial charge < -0.3 is 19.9 Å². The molecule has 1 aliphatic heterocycles. The Kier molecular flexibility index (Phi) is 4.96. The van der Waals surface area contributed by atoms with Gasteiger partial charge in [0, 0.05) is 32.2 Å². The summed E-state index contributed by atoms with van der Waals surface area (Å²) in [5, 5.41) is 13.8. The molecule has 2 N–H and O–H groups in total. The van der Waals surface area contributed by atoms with Crippen molar-refractivity contribution in [3.05, 3.63) is 53.7 Å². The second-order valence-electron chi connectivity index (χ2n) is 7.69.